The van der Waals surface area contributed by atoms with Crippen LogP contribution in [0.5, 0.6) is 0 Å². The van der Waals surface area contributed by atoms with Crippen LogP contribution < -0.4 is 4.72 Å². The molecular formula is C16H17N3O2S2. The molecule has 0 saturated carbocycles. The second-order valence-corrected chi connectivity index (χ2v) is 7.94. The van der Waals surface area contributed by atoms with Crippen LogP contribution in [0, 0.1) is 0 Å². The second-order valence-electron chi connectivity index (χ2n) is 4.99. The fourth-order valence-corrected chi connectivity index (χ4v) is 4.39. The van der Waals surface area contributed by atoms with E-state index in [1.165, 1.54) is 11.3 Å². The predicted molar refractivity (Wildman–Crippen MR) is 91.8 cm³/mol. The molecule has 0 aliphatic heterocycles. The summed E-state index contributed by atoms with van der Waals surface area (Å²) in [6.45, 7) is 1.10. The first-order chi connectivity index (χ1) is 11.2. The maximum atomic E-state index is 12.0. The van der Waals surface area contributed by atoms with Gasteiger partial charge in [0.25, 0.3) is 0 Å². The quantitative estimate of drug-likeness (QED) is 0.668. The molecule has 0 bridgehead atoms. The van der Waals surface area contributed by atoms with Gasteiger partial charge in [-0.3, -0.25) is 0 Å². The van der Waals surface area contributed by atoms with E-state index in [1.54, 1.807) is 23.7 Å². The van der Waals surface area contributed by atoms with E-state index >= 15 is 0 Å². The maximum Gasteiger partial charge on any atom is 0.250 e. The van der Waals surface area contributed by atoms with Gasteiger partial charge in [0.05, 0.1) is 0 Å². The zero-order valence-electron chi connectivity index (χ0n) is 12.4. The number of hydrogen-bond acceptors (Lipinski definition) is 4. The molecule has 3 rings (SSSR count). The maximum absolute atomic E-state index is 12.0. The average Bonchev–Trinajstić information content (AvgIpc) is 3.24. The molecule has 0 fully saturated rings. The molecule has 1 N–H and O–H groups in total. The van der Waals surface area contributed by atoms with Gasteiger partial charge in [0, 0.05) is 31.0 Å². The molecule has 3 aromatic rings. The number of aryl methyl sites for hydroxylation is 1. The molecule has 5 nitrogen and oxygen atoms in total. The third-order valence-electron chi connectivity index (χ3n) is 3.38. The molecule has 0 radical (unpaired) electrons. The van der Waals surface area contributed by atoms with Gasteiger partial charge < -0.3 is 4.57 Å². The minimum absolute atomic E-state index is 0.352. The molecule has 0 aliphatic rings. The standard InChI is InChI=1S/C16H17N3O2S2/c20-23(21,15-8-4-13-22-15)18-9-5-11-19-12-10-17-16(19)14-6-2-1-3-7-14/h1-4,6-8,10,12-13,18H,5,9,11H2. The van der Waals surface area contributed by atoms with Crippen molar-refractivity contribution in [3.8, 4) is 11.4 Å². The lowest BCUT2D eigenvalue weighted by molar-refractivity contribution is 0.572. The van der Waals surface area contributed by atoms with Crippen LogP contribution in [-0.2, 0) is 16.6 Å². The smallest absolute Gasteiger partial charge is 0.250 e. The molecule has 23 heavy (non-hydrogen) atoms. The van der Waals surface area contributed by atoms with Crippen LogP contribution in [-0.4, -0.2) is 24.5 Å². The number of hydrogen-bond donors (Lipinski definition) is 1. The van der Waals surface area contributed by atoms with Gasteiger partial charge in [-0.2, -0.15) is 0 Å². The van der Waals surface area contributed by atoms with E-state index in [0.717, 1.165) is 11.4 Å². The van der Waals surface area contributed by atoms with Gasteiger partial charge >= 0.3 is 0 Å². The summed E-state index contributed by atoms with van der Waals surface area (Å²) < 4.78 is 29.1. The van der Waals surface area contributed by atoms with Gasteiger partial charge in [-0.15, -0.1) is 11.3 Å². The van der Waals surface area contributed by atoms with Crippen LogP contribution in [0.4, 0.5) is 0 Å². The van der Waals surface area contributed by atoms with Crippen LogP contribution in [0.3, 0.4) is 0 Å². The van der Waals surface area contributed by atoms with Crippen molar-refractivity contribution in [2.75, 3.05) is 6.54 Å². The first-order valence-electron chi connectivity index (χ1n) is 7.26. The molecule has 2 heterocycles. The van der Waals surface area contributed by atoms with Crippen LogP contribution in [0.1, 0.15) is 6.42 Å². The van der Waals surface area contributed by atoms with E-state index in [0.29, 0.717) is 23.7 Å². The van der Waals surface area contributed by atoms with Crippen molar-refractivity contribution in [2.24, 2.45) is 0 Å². The summed E-state index contributed by atoms with van der Waals surface area (Å²) in [6.07, 6.45) is 4.37. The first-order valence-corrected chi connectivity index (χ1v) is 9.63. The molecule has 0 unspecified atom stereocenters. The van der Waals surface area contributed by atoms with Gasteiger partial charge in [0.1, 0.15) is 10.0 Å². The third-order valence-corrected chi connectivity index (χ3v) is 6.23. The van der Waals surface area contributed by atoms with Crippen molar-refractivity contribution >= 4 is 21.4 Å². The van der Waals surface area contributed by atoms with Crippen LogP contribution in [0.25, 0.3) is 11.4 Å². The largest absolute Gasteiger partial charge is 0.331 e. The number of sulfonamides is 1. The average molecular weight is 347 g/mol. The zero-order valence-corrected chi connectivity index (χ0v) is 14.1. The molecule has 0 amide bonds. The molecule has 0 saturated heterocycles. The van der Waals surface area contributed by atoms with Crippen molar-refractivity contribution in [2.45, 2.75) is 17.2 Å². The van der Waals surface area contributed by atoms with Crippen molar-refractivity contribution in [3.05, 3.63) is 60.2 Å². The number of rotatable bonds is 7. The Morgan fingerprint density at radius 1 is 1.13 bits per heavy atom. The van der Waals surface area contributed by atoms with E-state index in [-0.39, 0.29) is 0 Å². The number of imidazole rings is 1. The zero-order chi connectivity index (χ0) is 16.1. The Bertz CT molecular complexity index is 841. The predicted octanol–water partition coefficient (Wildman–Crippen LogP) is 2.98. The summed E-state index contributed by atoms with van der Waals surface area (Å²) in [4.78, 5) is 4.38. The summed E-state index contributed by atoms with van der Waals surface area (Å²) in [6, 6.07) is 13.3. The van der Waals surface area contributed by atoms with E-state index in [9.17, 15) is 8.42 Å². The summed E-state index contributed by atoms with van der Waals surface area (Å²) in [5.74, 6) is 0.895. The molecule has 2 aromatic heterocycles. The van der Waals surface area contributed by atoms with Crippen LogP contribution in [0.2, 0.25) is 0 Å². The highest BCUT2D eigenvalue weighted by Crippen LogP contribution is 2.17. The summed E-state index contributed by atoms with van der Waals surface area (Å²) >= 11 is 1.22. The Morgan fingerprint density at radius 3 is 2.70 bits per heavy atom. The molecule has 1 aromatic carbocycles. The lowest BCUT2D eigenvalue weighted by Gasteiger charge is -2.09. The minimum atomic E-state index is -3.38. The highest BCUT2D eigenvalue weighted by molar-refractivity contribution is 7.91. The van der Waals surface area contributed by atoms with Gasteiger partial charge in [0.2, 0.25) is 10.0 Å². The molecule has 0 atom stereocenters. The van der Waals surface area contributed by atoms with Gasteiger partial charge in [0.15, 0.2) is 0 Å². The Hall–Kier alpha value is -1.96. The Labute approximate surface area is 139 Å². The Morgan fingerprint density at radius 2 is 1.96 bits per heavy atom. The topological polar surface area (TPSA) is 64.0 Å². The highest BCUT2D eigenvalue weighted by Gasteiger charge is 2.14. The SMILES string of the molecule is O=S(=O)(NCCCn1ccnc1-c1ccccc1)c1cccs1. The summed E-state index contributed by atoms with van der Waals surface area (Å²) in [5.41, 5.74) is 1.05. The Kier molecular flexibility index (Phi) is 4.90. The number of aromatic nitrogens is 2. The lowest BCUT2D eigenvalue weighted by Crippen LogP contribution is -2.24. The summed E-state index contributed by atoms with van der Waals surface area (Å²) in [7, 11) is -3.38. The van der Waals surface area contributed by atoms with Crippen LogP contribution >= 0.6 is 11.3 Å². The summed E-state index contributed by atoms with van der Waals surface area (Å²) in [5, 5.41) is 1.76. The van der Waals surface area contributed by atoms with Crippen molar-refractivity contribution in [3.63, 3.8) is 0 Å². The van der Waals surface area contributed by atoms with Gasteiger partial charge in [-0.25, -0.2) is 18.1 Å². The molecule has 0 aliphatic carbocycles. The van der Waals surface area contributed by atoms with Crippen molar-refractivity contribution in [1.29, 1.82) is 0 Å². The van der Waals surface area contributed by atoms with Gasteiger partial charge in [-0.1, -0.05) is 36.4 Å². The first kappa shape index (κ1) is 15.9. The number of thiophene rings is 1. The number of benzene rings is 1. The Balaban J connectivity index is 1.57. The second kappa shape index (κ2) is 7.08. The van der Waals surface area contributed by atoms with E-state index < -0.39 is 10.0 Å². The van der Waals surface area contributed by atoms with Gasteiger partial charge in [-0.05, 0) is 17.9 Å². The van der Waals surface area contributed by atoms with E-state index in [2.05, 4.69) is 9.71 Å². The van der Waals surface area contributed by atoms with Crippen molar-refractivity contribution < 1.29 is 8.42 Å². The number of nitrogens with one attached hydrogen (secondary N) is 1. The fourth-order valence-electron chi connectivity index (χ4n) is 2.28. The van der Waals surface area contributed by atoms with E-state index in [1.807, 2.05) is 41.1 Å². The normalized spacial score (nSPS) is 11.7. The molecule has 7 heteroatoms. The van der Waals surface area contributed by atoms with Crippen LogP contribution in [0.15, 0.2) is 64.4 Å². The molecular weight excluding hydrogens is 330 g/mol. The number of nitrogens with zero attached hydrogens (tertiary/aromatic N) is 2. The lowest BCUT2D eigenvalue weighted by atomic mass is 10.2. The minimum Gasteiger partial charge on any atom is -0.331 e. The fraction of sp³-hybridized carbons (Fsp3) is 0.188. The van der Waals surface area contributed by atoms with Crippen molar-refractivity contribution in [1.82, 2.24) is 14.3 Å². The molecule has 120 valence electrons. The molecule has 0 spiro atoms. The van der Waals surface area contributed by atoms with E-state index in [4.69, 9.17) is 0 Å². The monoisotopic (exact) mass is 347 g/mol. The third kappa shape index (κ3) is 3.87. The highest BCUT2D eigenvalue weighted by atomic mass is 32.2.